The smallest absolute Gasteiger partial charge is 0.417 e. The van der Waals surface area contributed by atoms with Crippen LogP contribution >= 0.6 is 0 Å². The number of carboxylic acids is 1. The molecule has 0 unspecified atom stereocenters. The highest BCUT2D eigenvalue weighted by atomic mass is 19.4. The molecule has 0 fully saturated rings. The first-order valence-corrected chi connectivity index (χ1v) is 4.12. The third-order valence-corrected chi connectivity index (χ3v) is 2.02. The normalized spacial score (nSPS) is 10.9. The van der Waals surface area contributed by atoms with Crippen molar-refractivity contribution in [3.05, 3.63) is 34.4 Å². The minimum Gasteiger partial charge on any atom is -0.478 e. The first-order valence-electron chi connectivity index (χ1n) is 4.12. The number of rotatable bonds is 1. The van der Waals surface area contributed by atoms with Gasteiger partial charge in [-0.05, 0) is 24.6 Å². The van der Waals surface area contributed by atoms with Gasteiger partial charge in [-0.1, -0.05) is 0 Å². The average molecular weight is 229 g/mol. The van der Waals surface area contributed by atoms with E-state index >= 15 is 0 Å². The lowest BCUT2D eigenvalue weighted by molar-refractivity contribution is -0.138. The molecule has 16 heavy (non-hydrogen) atoms. The second-order valence-electron chi connectivity index (χ2n) is 3.13. The van der Waals surface area contributed by atoms with Crippen LogP contribution in [0.1, 0.15) is 27.0 Å². The maximum absolute atomic E-state index is 12.5. The molecule has 0 aliphatic carbocycles. The number of benzene rings is 1. The van der Waals surface area contributed by atoms with Crippen LogP contribution in [0.4, 0.5) is 13.2 Å². The molecule has 0 atom stereocenters. The molecule has 84 valence electrons. The molecule has 3 nitrogen and oxygen atoms in total. The average Bonchev–Trinajstić information content (AvgIpc) is 2.15. The first-order chi connectivity index (χ1) is 7.27. The summed E-state index contributed by atoms with van der Waals surface area (Å²) in [5, 5.41) is 17.2. The SMILES string of the molecule is Cc1cc(C(=O)O)c(C(F)(F)F)cc1C#N. The molecular formula is C10H6F3NO2. The van der Waals surface area contributed by atoms with E-state index in [0.717, 1.165) is 6.07 Å². The number of carboxylic acid groups (broad SMARTS) is 1. The van der Waals surface area contributed by atoms with Crippen LogP contribution in [-0.2, 0) is 6.18 Å². The van der Waals surface area contributed by atoms with E-state index < -0.39 is 23.3 Å². The Labute approximate surface area is 88.7 Å². The monoisotopic (exact) mass is 229 g/mol. The highest BCUT2D eigenvalue weighted by Crippen LogP contribution is 2.33. The Morgan fingerprint density at radius 3 is 2.38 bits per heavy atom. The van der Waals surface area contributed by atoms with Crippen LogP contribution in [0.2, 0.25) is 0 Å². The Bertz CT molecular complexity index is 486. The van der Waals surface area contributed by atoms with E-state index in [9.17, 15) is 18.0 Å². The van der Waals surface area contributed by atoms with Gasteiger partial charge in [0.15, 0.2) is 0 Å². The zero-order chi connectivity index (χ0) is 12.5. The topological polar surface area (TPSA) is 61.1 Å². The fourth-order valence-corrected chi connectivity index (χ4v) is 1.24. The quantitative estimate of drug-likeness (QED) is 0.804. The van der Waals surface area contributed by atoms with E-state index in [4.69, 9.17) is 10.4 Å². The minimum absolute atomic E-state index is 0.183. The molecule has 0 bridgehead atoms. The fourth-order valence-electron chi connectivity index (χ4n) is 1.24. The zero-order valence-corrected chi connectivity index (χ0v) is 8.09. The van der Waals surface area contributed by atoms with E-state index in [1.54, 1.807) is 6.07 Å². The van der Waals surface area contributed by atoms with Crippen LogP contribution in [-0.4, -0.2) is 11.1 Å². The number of nitriles is 1. The summed E-state index contributed by atoms with van der Waals surface area (Å²) in [4.78, 5) is 10.6. The van der Waals surface area contributed by atoms with E-state index in [-0.39, 0.29) is 11.1 Å². The van der Waals surface area contributed by atoms with Gasteiger partial charge in [0.05, 0.1) is 22.8 Å². The number of hydrogen-bond acceptors (Lipinski definition) is 2. The second kappa shape index (κ2) is 3.85. The van der Waals surface area contributed by atoms with Gasteiger partial charge in [0.25, 0.3) is 0 Å². The summed E-state index contributed by atoms with van der Waals surface area (Å²) in [6, 6.07) is 2.99. The van der Waals surface area contributed by atoms with Gasteiger partial charge in [-0.3, -0.25) is 0 Å². The number of carbonyl (C=O) groups is 1. The van der Waals surface area contributed by atoms with Crippen LogP contribution in [0.25, 0.3) is 0 Å². The summed E-state index contributed by atoms with van der Waals surface area (Å²) < 4.78 is 37.5. The predicted octanol–water partition coefficient (Wildman–Crippen LogP) is 2.58. The lowest BCUT2D eigenvalue weighted by atomic mass is 9.99. The standard InChI is InChI=1S/C10H6F3NO2/c1-5-2-7(9(15)16)8(10(11,12)13)3-6(5)4-14/h2-3H,1H3,(H,15,16). The molecule has 0 spiro atoms. The van der Waals surface area contributed by atoms with Crippen LogP contribution in [0.5, 0.6) is 0 Å². The number of aromatic carboxylic acids is 1. The summed E-state index contributed by atoms with van der Waals surface area (Å²) in [5.74, 6) is -1.67. The van der Waals surface area contributed by atoms with Crippen molar-refractivity contribution >= 4 is 5.97 Å². The second-order valence-corrected chi connectivity index (χ2v) is 3.13. The summed E-state index contributed by atoms with van der Waals surface area (Å²) in [6.07, 6.45) is -4.78. The summed E-state index contributed by atoms with van der Waals surface area (Å²) in [7, 11) is 0. The lowest BCUT2D eigenvalue weighted by Crippen LogP contribution is -2.14. The predicted molar refractivity (Wildman–Crippen MR) is 47.9 cm³/mol. The number of aryl methyl sites for hydroxylation is 1. The number of halogens is 3. The van der Waals surface area contributed by atoms with Crippen molar-refractivity contribution in [2.45, 2.75) is 13.1 Å². The number of alkyl halides is 3. The van der Waals surface area contributed by atoms with Crippen LogP contribution in [0.3, 0.4) is 0 Å². The van der Waals surface area contributed by atoms with E-state index in [2.05, 4.69) is 0 Å². The Morgan fingerprint density at radius 1 is 1.44 bits per heavy atom. The van der Waals surface area contributed by atoms with Gasteiger partial charge in [0.1, 0.15) is 0 Å². The molecule has 6 heteroatoms. The van der Waals surface area contributed by atoms with Gasteiger partial charge in [-0.15, -0.1) is 0 Å². The van der Waals surface area contributed by atoms with Crippen LogP contribution < -0.4 is 0 Å². The fraction of sp³-hybridized carbons (Fsp3) is 0.200. The molecular weight excluding hydrogens is 223 g/mol. The number of nitrogens with zero attached hydrogens (tertiary/aromatic N) is 1. The van der Waals surface area contributed by atoms with Gasteiger partial charge in [0.2, 0.25) is 0 Å². The van der Waals surface area contributed by atoms with Gasteiger partial charge < -0.3 is 5.11 Å². The van der Waals surface area contributed by atoms with E-state index in [1.807, 2.05) is 0 Å². The first kappa shape index (κ1) is 12.0. The molecule has 1 N–H and O–H groups in total. The summed E-state index contributed by atoms with van der Waals surface area (Å²) in [5.41, 5.74) is -2.13. The highest BCUT2D eigenvalue weighted by Gasteiger charge is 2.36. The maximum Gasteiger partial charge on any atom is 0.417 e. The Hall–Kier alpha value is -2.03. The molecule has 0 saturated carbocycles. The highest BCUT2D eigenvalue weighted by molar-refractivity contribution is 5.90. The van der Waals surface area contributed by atoms with Gasteiger partial charge in [-0.25, -0.2) is 4.79 Å². The van der Waals surface area contributed by atoms with E-state index in [0.29, 0.717) is 6.07 Å². The number of hydrogen-bond donors (Lipinski definition) is 1. The molecule has 0 amide bonds. The van der Waals surface area contributed by atoms with Crippen LogP contribution in [0.15, 0.2) is 12.1 Å². The third kappa shape index (κ3) is 2.14. The molecule has 1 rings (SSSR count). The van der Waals surface area contributed by atoms with Crippen molar-refractivity contribution in [2.75, 3.05) is 0 Å². The van der Waals surface area contributed by atoms with Crippen LogP contribution in [0, 0.1) is 18.3 Å². The van der Waals surface area contributed by atoms with Crippen molar-refractivity contribution in [1.29, 1.82) is 5.26 Å². The van der Waals surface area contributed by atoms with Crippen molar-refractivity contribution in [1.82, 2.24) is 0 Å². The Balaban J connectivity index is 3.57. The summed E-state index contributed by atoms with van der Waals surface area (Å²) >= 11 is 0. The molecule has 0 aromatic heterocycles. The minimum atomic E-state index is -4.78. The van der Waals surface area contributed by atoms with Gasteiger partial charge >= 0.3 is 12.1 Å². The van der Waals surface area contributed by atoms with Crippen molar-refractivity contribution in [3.63, 3.8) is 0 Å². The summed E-state index contributed by atoms with van der Waals surface area (Å²) in [6.45, 7) is 1.38. The molecule has 0 aliphatic heterocycles. The molecule has 0 saturated heterocycles. The molecule has 1 aromatic carbocycles. The molecule has 0 heterocycles. The van der Waals surface area contributed by atoms with Gasteiger partial charge in [-0.2, -0.15) is 18.4 Å². The third-order valence-electron chi connectivity index (χ3n) is 2.02. The van der Waals surface area contributed by atoms with Crippen molar-refractivity contribution in [2.24, 2.45) is 0 Å². The zero-order valence-electron chi connectivity index (χ0n) is 8.09. The van der Waals surface area contributed by atoms with Crippen molar-refractivity contribution < 1.29 is 23.1 Å². The molecule has 1 aromatic rings. The Morgan fingerprint density at radius 2 is 2.00 bits per heavy atom. The maximum atomic E-state index is 12.5. The molecule has 0 aliphatic rings. The Kier molecular flexibility index (Phi) is 2.90. The largest absolute Gasteiger partial charge is 0.478 e. The van der Waals surface area contributed by atoms with E-state index in [1.165, 1.54) is 6.92 Å². The van der Waals surface area contributed by atoms with Gasteiger partial charge in [0, 0.05) is 0 Å². The van der Waals surface area contributed by atoms with Crippen molar-refractivity contribution in [3.8, 4) is 6.07 Å². The molecule has 0 radical (unpaired) electrons. The lowest BCUT2D eigenvalue weighted by Gasteiger charge is -2.11.